The first-order chi connectivity index (χ1) is 16.4. The summed E-state index contributed by atoms with van der Waals surface area (Å²) in [6, 6.07) is 1.57. The lowest BCUT2D eigenvalue weighted by molar-refractivity contribution is -0.0145. The van der Waals surface area contributed by atoms with Crippen LogP contribution in [0.4, 0.5) is 9.18 Å². The molecule has 8 nitrogen and oxygen atoms in total. The van der Waals surface area contributed by atoms with Crippen LogP contribution in [0.25, 0.3) is 11.3 Å². The molecule has 190 valence electrons. The van der Waals surface area contributed by atoms with Gasteiger partial charge < -0.3 is 19.7 Å². The first-order valence-electron chi connectivity index (χ1n) is 12.6. The molecule has 2 aromatic heterocycles. The molecule has 3 aliphatic heterocycles. The molecule has 1 atom stereocenters. The molecule has 9 heteroatoms. The predicted octanol–water partition coefficient (Wildman–Crippen LogP) is 4.71. The number of rotatable bonds is 1. The van der Waals surface area contributed by atoms with E-state index in [9.17, 15) is 9.18 Å². The van der Waals surface area contributed by atoms with Gasteiger partial charge in [-0.05, 0) is 73.5 Å². The number of fused-ring (bicyclic) bond motifs is 4. The summed E-state index contributed by atoms with van der Waals surface area (Å²) in [6.07, 6.45) is 4.01. The lowest BCUT2D eigenvalue weighted by atomic mass is 9.80. The van der Waals surface area contributed by atoms with Gasteiger partial charge in [0.25, 0.3) is 0 Å². The van der Waals surface area contributed by atoms with Crippen LogP contribution in [0.15, 0.2) is 12.3 Å². The van der Waals surface area contributed by atoms with Crippen LogP contribution in [0.5, 0.6) is 5.88 Å². The highest BCUT2D eigenvalue weighted by molar-refractivity contribution is 5.73. The van der Waals surface area contributed by atoms with Crippen molar-refractivity contribution in [1.29, 1.82) is 0 Å². The Kier molecular flexibility index (Phi) is 5.62. The summed E-state index contributed by atoms with van der Waals surface area (Å²) >= 11 is 0. The number of nitrogens with one attached hydrogen (secondary N) is 1. The highest BCUT2D eigenvalue weighted by atomic mass is 19.1. The molecule has 0 radical (unpaired) electrons. The van der Waals surface area contributed by atoms with Gasteiger partial charge >= 0.3 is 6.09 Å². The monoisotopic (exact) mass is 485 g/mol. The largest absolute Gasteiger partial charge is 0.465 e. The number of hydrogen-bond acceptors (Lipinski definition) is 6. The Morgan fingerprint density at radius 2 is 2.00 bits per heavy atom. The van der Waals surface area contributed by atoms with Crippen molar-refractivity contribution in [2.24, 2.45) is 0 Å². The molecule has 0 saturated carbocycles. The van der Waals surface area contributed by atoms with E-state index in [1.807, 2.05) is 25.7 Å². The third-order valence-corrected chi connectivity index (χ3v) is 7.49. The van der Waals surface area contributed by atoms with E-state index in [2.05, 4.69) is 35.8 Å². The van der Waals surface area contributed by atoms with Crippen molar-refractivity contribution in [3.8, 4) is 17.1 Å². The number of carbonyl (C=O) groups excluding carboxylic acids is 1. The van der Waals surface area contributed by atoms with Crippen LogP contribution in [-0.2, 0) is 10.3 Å². The summed E-state index contributed by atoms with van der Waals surface area (Å²) in [4.78, 5) is 19.0. The van der Waals surface area contributed by atoms with Crippen molar-refractivity contribution in [2.45, 2.75) is 90.0 Å². The van der Waals surface area contributed by atoms with Gasteiger partial charge in [0.2, 0.25) is 5.88 Å². The van der Waals surface area contributed by atoms with Gasteiger partial charge in [0.05, 0.1) is 17.8 Å². The third-order valence-electron chi connectivity index (χ3n) is 7.49. The van der Waals surface area contributed by atoms with E-state index in [4.69, 9.17) is 14.6 Å². The lowest BCUT2D eigenvalue weighted by Crippen LogP contribution is -2.54. The second kappa shape index (κ2) is 8.18. The van der Waals surface area contributed by atoms with Gasteiger partial charge in [-0.25, -0.2) is 14.2 Å². The molecule has 2 aromatic rings. The zero-order chi connectivity index (χ0) is 25.2. The first kappa shape index (κ1) is 24.0. The van der Waals surface area contributed by atoms with E-state index in [0.29, 0.717) is 18.0 Å². The maximum absolute atomic E-state index is 14.2. The van der Waals surface area contributed by atoms with Crippen LogP contribution in [0, 0.1) is 12.7 Å². The van der Waals surface area contributed by atoms with Crippen molar-refractivity contribution >= 4 is 6.09 Å². The number of hydrogen-bond donors (Lipinski definition) is 1. The smallest absolute Gasteiger partial charge is 0.410 e. The maximum atomic E-state index is 14.2. The normalized spacial score (nSPS) is 22.8. The van der Waals surface area contributed by atoms with Crippen LogP contribution >= 0.6 is 0 Å². The number of pyridine rings is 1. The molecule has 1 spiro atoms. The molecule has 35 heavy (non-hydrogen) atoms. The number of piperidine rings is 2. The molecule has 2 saturated heterocycles. The summed E-state index contributed by atoms with van der Waals surface area (Å²) in [5.41, 5.74) is 2.00. The fourth-order valence-corrected chi connectivity index (χ4v) is 5.94. The minimum Gasteiger partial charge on any atom is -0.465 e. The van der Waals surface area contributed by atoms with Crippen LogP contribution in [0.3, 0.4) is 0 Å². The van der Waals surface area contributed by atoms with Crippen molar-refractivity contribution in [1.82, 2.24) is 25.0 Å². The number of halogens is 1. The second-order valence-corrected chi connectivity index (χ2v) is 11.7. The van der Waals surface area contributed by atoms with Gasteiger partial charge in [-0.3, -0.25) is 4.68 Å². The van der Waals surface area contributed by atoms with E-state index in [-0.39, 0.29) is 12.1 Å². The molecule has 0 bridgehead atoms. The van der Waals surface area contributed by atoms with Crippen molar-refractivity contribution < 1.29 is 18.7 Å². The van der Waals surface area contributed by atoms with E-state index >= 15 is 0 Å². The molecule has 1 amide bonds. The minimum atomic E-state index is -0.540. The molecule has 0 aromatic carbocycles. The highest BCUT2D eigenvalue weighted by Crippen LogP contribution is 2.50. The molecule has 0 aliphatic carbocycles. The summed E-state index contributed by atoms with van der Waals surface area (Å²) in [5.74, 6) is 0.0455. The quantitative estimate of drug-likeness (QED) is 0.630. The molecule has 1 unspecified atom stereocenters. The number of amides is 1. The number of carbonyl (C=O) groups is 1. The Bertz CT molecular complexity index is 1150. The van der Waals surface area contributed by atoms with Crippen molar-refractivity contribution in [2.75, 3.05) is 19.6 Å². The third kappa shape index (κ3) is 4.17. The zero-order valence-electron chi connectivity index (χ0n) is 21.6. The Morgan fingerprint density at radius 1 is 1.29 bits per heavy atom. The van der Waals surface area contributed by atoms with E-state index in [0.717, 1.165) is 55.7 Å². The molecule has 3 aliphatic rings. The van der Waals surface area contributed by atoms with E-state index < -0.39 is 22.6 Å². The Labute approximate surface area is 206 Å². The van der Waals surface area contributed by atoms with Crippen molar-refractivity contribution in [3.05, 3.63) is 29.3 Å². The summed E-state index contributed by atoms with van der Waals surface area (Å²) in [6.45, 7) is 14.1. The van der Waals surface area contributed by atoms with E-state index in [1.54, 1.807) is 0 Å². The van der Waals surface area contributed by atoms with E-state index in [1.165, 1.54) is 12.3 Å². The number of likely N-dealkylation sites (tertiary alicyclic amines) is 1. The molecular formula is C26H36FN5O3. The predicted molar refractivity (Wildman–Crippen MR) is 130 cm³/mol. The molecular weight excluding hydrogens is 449 g/mol. The van der Waals surface area contributed by atoms with Gasteiger partial charge in [-0.2, -0.15) is 5.10 Å². The van der Waals surface area contributed by atoms with Crippen LogP contribution in [-0.4, -0.2) is 56.5 Å². The van der Waals surface area contributed by atoms with Gasteiger partial charge in [0, 0.05) is 36.2 Å². The number of aromatic nitrogens is 3. The fourth-order valence-electron chi connectivity index (χ4n) is 5.94. The first-order valence-corrected chi connectivity index (χ1v) is 12.6. The number of ether oxygens (including phenoxy) is 2. The molecule has 1 N–H and O–H groups in total. The highest BCUT2D eigenvalue weighted by Gasteiger charge is 2.48. The Hall–Kier alpha value is -2.68. The number of nitrogens with zero attached hydrogens (tertiary/aromatic N) is 4. The molecule has 5 heterocycles. The Balaban J connectivity index is 1.51. The van der Waals surface area contributed by atoms with Crippen molar-refractivity contribution in [3.63, 3.8) is 0 Å². The van der Waals surface area contributed by atoms with Gasteiger partial charge in [-0.15, -0.1) is 0 Å². The Morgan fingerprint density at radius 3 is 2.66 bits per heavy atom. The van der Waals surface area contributed by atoms with Crippen LogP contribution in [0.2, 0.25) is 0 Å². The van der Waals surface area contributed by atoms with Gasteiger partial charge in [0.15, 0.2) is 0 Å². The average molecular weight is 486 g/mol. The second-order valence-electron chi connectivity index (χ2n) is 11.7. The summed E-state index contributed by atoms with van der Waals surface area (Å²) in [7, 11) is 0. The maximum Gasteiger partial charge on any atom is 0.410 e. The summed E-state index contributed by atoms with van der Waals surface area (Å²) < 4.78 is 28.5. The lowest BCUT2D eigenvalue weighted by Gasteiger charge is -2.45. The average Bonchev–Trinajstić information content (AvgIpc) is 3.11. The molecule has 5 rings (SSSR count). The van der Waals surface area contributed by atoms with Crippen LogP contribution < -0.4 is 10.1 Å². The SMILES string of the molecule is Cc1c2c(nn1C1CCN(C(=O)OC(C)(C)C)C(C)(C)C1)-c1cc(F)cnc1OC21CCNCC1. The van der Waals surface area contributed by atoms with Gasteiger partial charge in [0.1, 0.15) is 22.7 Å². The standard InChI is InChI=1S/C26H36FN5O3/c1-16-20-21(19-13-17(27)15-29-22(19)34-26(20)8-10-28-11-9-26)30-32(16)18-7-12-31(25(5,6)14-18)23(33)35-24(2,3)4/h13,15,18,28H,7-12,14H2,1-6H3. The van der Waals surface area contributed by atoms with Crippen LogP contribution in [0.1, 0.15) is 77.6 Å². The van der Waals surface area contributed by atoms with Gasteiger partial charge in [-0.1, -0.05) is 0 Å². The topological polar surface area (TPSA) is 81.5 Å². The summed E-state index contributed by atoms with van der Waals surface area (Å²) in [5, 5.41) is 8.49. The fraction of sp³-hybridized carbons (Fsp3) is 0.654. The molecule has 2 fully saturated rings. The minimum absolute atomic E-state index is 0.0954. The zero-order valence-corrected chi connectivity index (χ0v) is 21.6.